The minimum Gasteiger partial charge on any atom is -0.330 e. The highest BCUT2D eigenvalue weighted by molar-refractivity contribution is 7.89. The van der Waals surface area contributed by atoms with Gasteiger partial charge in [-0.2, -0.15) is 9.40 Å². The first kappa shape index (κ1) is 18.9. The molecule has 0 aliphatic carbocycles. The van der Waals surface area contributed by atoms with Crippen molar-refractivity contribution in [1.82, 2.24) is 14.1 Å². The number of piperidine rings is 1. The van der Waals surface area contributed by atoms with Gasteiger partial charge in [-0.05, 0) is 30.9 Å². The molecule has 132 valence electrons. The second-order valence-corrected chi connectivity index (χ2v) is 7.88. The molecule has 2 aromatic rings. The molecule has 24 heavy (non-hydrogen) atoms. The van der Waals surface area contributed by atoms with Crippen molar-refractivity contribution in [3.63, 3.8) is 0 Å². The van der Waals surface area contributed by atoms with Gasteiger partial charge in [-0.1, -0.05) is 30.3 Å². The maximum atomic E-state index is 12.7. The van der Waals surface area contributed by atoms with Crippen LogP contribution < -0.4 is 5.73 Å². The van der Waals surface area contributed by atoms with E-state index < -0.39 is 10.0 Å². The summed E-state index contributed by atoms with van der Waals surface area (Å²) < 4.78 is 28.6. The zero-order valence-corrected chi connectivity index (χ0v) is 15.0. The smallest absolute Gasteiger partial charge is 0.246 e. The molecule has 1 aromatic carbocycles. The summed E-state index contributed by atoms with van der Waals surface area (Å²) in [6, 6.07) is 9.85. The van der Waals surface area contributed by atoms with Crippen LogP contribution in [-0.2, 0) is 16.6 Å². The Morgan fingerprint density at radius 3 is 2.46 bits per heavy atom. The zero-order chi connectivity index (χ0) is 16.3. The van der Waals surface area contributed by atoms with E-state index in [1.54, 1.807) is 15.2 Å². The van der Waals surface area contributed by atoms with Gasteiger partial charge in [-0.3, -0.25) is 4.68 Å². The topological polar surface area (TPSA) is 81.2 Å². The lowest BCUT2D eigenvalue weighted by Gasteiger charge is -2.30. The molecule has 8 heteroatoms. The molecule has 6 nitrogen and oxygen atoms in total. The predicted molar refractivity (Wildman–Crippen MR) is 95.6 cm³/mol. The highest BCUT2D eigenvalue weighted by Crippen LogP contribution is 2.23. The van der Waals surface area contributed by atoms with Crippen molar-refractivity contribution >= 4 is 22.4 Å². The first-order valence-corrected chi connectivity index (χ1v) is 9.30. The molecule has 1 saturated heterocycles. The van der Waals surface area contributed by atoms with Crippen molar-refractivity contribution < 1.29 is 8.42 Å². The van der Waals surface area contributed by atoms with E-state index in [9.17, 15) is 8.42 Å². The van der Waals surface area contributed by atoms with Gasteiger partial charge in [0, 0.05) is 19.3 Å². The molecule has 1 fully saturated rings. The van der Waals surface area contributed by atoms with Crippen LogP contribution in [0.5, 0.6) is 0 Å². The van der Waals surface area contributed by atoms with E-state index in [4.69, 9.17) is 5.73 Å². The quantitative estimate of drug-likeness (QED) is 0.868. The second-order valence-electron chi connectivity index (χ2n) is 5.94. The van der Waals surface area contributed by atoms with E-state index in [-0.39, 0.29) is 17.3 Å². The number of sulfonamides is 1. The molecule has 0 amide bonds. The summed E-state index contributed by atoms with van der Waals surface area (Å²) in [5.41, 5.74) is 6.75. The fourth-order valence-electron chi connectivity index (χ4n) is 2.87. The normalized spacial score (nSPS) is 16.7. The number of halogens is 1. The lowest BCUT2D eigenvalue weighted by molar-refractivity contribution is 0.278. The highest BCUT2D eigenvalue weighted by atomic mass is 35.5. The van der Waals surface area contributed by atoms with Crippen LogP contribution in [-0.4, -0.2) is 42.1 Å². The monoisotopic (exact) mass is 370 g/mol. The SMILES string of the molecule is Cl.NCC1CCN(S(=O)(=O)c2cnn(Cc3ccccc3)c2)CC1. The van der Waals surface area contributed by atoms with Gasteiger partial charge in [0.05, 0.1) is 12.7 Å². The van der Waals surface area contributed by atoms with Gasteiger partial charge in [0.15, 0.2) is 0 Å². The third kappa shape index (κ3) is 4.16. The minimum atomic E-state index is -3.46. The summed E-state index contributed by atoms with van der Waals surface area (Å²) in [5.74, 6) is 0.433. The molecule has 1 aliphatic heterocycles. The average molecular weight is 371 g/mol. The summed E-state index contributed by atoms with van der Waals surface area (Å²) in [4.78, 5) is 0.264. The van der Waals surface area contributed by atoms with Crippen LogP contribution in [0.2, 0.25) is 0 Å². The fourth-order valence-corrected chi connectivity index (χ4v) is 4.29. The Morgan fingerprint density at radius 1 is 1.17 bits per heavy atom. The number of hydrogen-bond donors (Lipinski definition) is 1. The average Bonchev–Trinajstić information content (AvgIpc) is 3.05. The third-order valence-electron chi connectivity index (χ3n) is 4.34. The number of nitrogens with zero attached hydrogens (tertiary/aromatic N) is 3. The first-order chi connectivity index (χ1) is 11.1. The van der Waals surface area contributed by atoms with Crippen LogP contribution >= 0.6 is 12.4 Å². The maximum Gasteiger partial charge on any atom is 0.246 e. The van der Waals surface area contributed by atoms with Gasteiger partial charge >= 0.3 is 0 Å². The molecular weight excluding hydrogens is 348 g/mol. The number of hydrogen-bond acceptors (Lipinski definition) is 4. The highest BCUT2D eigenvalue weighted by Gasteiger charge is 2.29. The predicted octanol–water partition coefficient (Wildman–Crippen LogP) is 1.71. The van der Waals surface area contributed by atoms with Crippen LogP contribution in [0.1, 0.15) is 18.4 Å². The summed E-state index contributed by atoms with van der Waals surface area (Å²) in [5, 5.41) is 4.19. The van der Waals surface area contributed by atoms with Crippen LogP contribution in [0.3, 0.4) is 0 Å². The molecule has 0 radical (unpaired) electrons. The molecule has 2 N–H and O–H groups in total. The molecule has 0 saturated carbocycles. The standard InChI is InChI=1S/C16H22N4O2S.ClH/c17-10-14-6-8-20(9-7-14)23(21,22)16-11-18-19(13-16)12-15-4-2-1-3-5-15;/h1-5,11,13-14H,6-10,12,17H2;1H. The van der Waals surface area contributed by atoms with Gasteiger partial charge in [-0.15, -0.1) is 12.4 Å². The number of benzene rings is 1. The van der Waals surface area contributed by atoms with Crippen LogP contribution in [0.15, 0.2) is 47.6 Å². The van der Waals surface area contributed by atoms with Crippen molar-refractivity contribution in [2.24, 2.45) is 11.7 Å². The maximum absolute atomic E-state index is 12.7. The Hall–Kier alpha value is -1.41. The van der Waals surface area contributed by atoms with Gasteiger partial charge in [-0.25, -0.2) is 8.42 Å². The third-order valence-corrected chi connectivity index (χ3v) is 6.19. The molecule has 0 unspecified atom stereocenters. The Kier molecular flexibility index (Phi) is 6.40. The van der Waals surface area contributed by atoms with Crippen molar-refractivity contribution in [1.29, 1.82) is 0 Å². The van der Waals surface area contributed by atoms with Gasteiger partial charge in [0.1, 0.15) is 4.90 Å². The van der Waals surface area contributed by atoms with E-state index in [2.05, 4.69) is 5.10 Å². The Morgan fingerprint density at radius 2 is 1.83 bits per heavy atom. The van der Waals surface area contributed by atoms with Gasteiger partial charge < -0.3 is 5.73 Å². The molecule has 0 spiro atoms. The van der Waals surface area contributed by atoms with E-state index in [0.29, 0.717) is 32.1 Å². The summed E-state index contributed by atoms with van der Waals surface area (Å²) in [6.07, 6.45) is 4.70. The molecular formula is C16H23ClN4O2S. The molecule has 0 bridgehead atoms. The van der Waals surface area contributed by atoms with Crippen LogP contribution in [0.25, 0.3) is 0 Å². The lowest BCUT2D eigenvalue weighted by atomic mass is 9.99. The second kappa shape index (κ2) is 8.11. The molecule has 1 aromatic heterocycles. The summed E-state index contributed by atoms with van der Waals surface area (Å²) in [7, 11) is -3.46. The van der Waals surface area contributed by atoms with Gasteiger partial charge in [0.2, 0.25) is 10.0 Å². The van der Waals surface area contributed by atoms with Crippen molar-refractivity contribution in [2.75, 3.05) is 19.6 Å². The molecule has 1 aliphatic rings. The zero-order valence-electron chi connectivity index (χ0n) is 13.4. The van der Waals surface area contributed by atoms with Crippen LogP contribution in [0, 0.1) is 5.92 Å². The Balaban J connectivity index is 0.00000208. The number of rotatable bonds is 5. The van der Waals surface area contributed by atoms with E-state index in [1.165, 1.54) is 6.20 Å². The Labute approximate surface area is 149 Å². The first-order valence-electron chi connectivity index (χ1n) is 7.86. The molecule has 2 heterocycles. The van der Waals surface area contributed by atoms with E-state index in [1.807, 2.05) is 30.3 Å². The fraction of sp³-hybridized carbons (Fsp3) is 0.438. The van der Waals surface area contributed by atoms with E-state index in [0.717, 1.165) is 18.4 Å². The van der Waals surface area contributed by atoms with Crippen molar-refractivity contribution in [2.45, 2.75) is 24.3 Å². The van der Waals surface area contributed by atoms with Gasteiger partial charge in [0.25, 0.3) is 0 Å². The largest absolute Gasteiger partial charge is 0.330 e. The van der Waals surface area contributed by atoms with Crippen molar-refractivity contribution in [3.05, 3.63) is 48.3 Å². The minimum absolute atomic E-state index is 0. The summed E-state index contributed by atoms with van der Waals surface area (Å²) >= 11 is 0. The number of nitrogens with two attached hydrogens (primary N) is 1. The lowest BCUT2D eigenvalue weighted by Crippen LogP contribution is -2.39. The molecule has 3 rings (SSSR count). The summed E-state index contributed by atoms with van der Waals surface area (Å²) in [6.45, 7) is 2.26. The van der Waals surface area contributed by atoms with E-state index >= 15 is 0 Å². The van der Waals surface area contributed by atoms with Crippen LogP contribution in [0.4, 0.5) is 0 Å². The Bertz CT molecular complexity index is 740. The number of aromatic nitrogens is 2. The van der Waals surface area contributed by atoms with Crippen molar-refractivity contribution in [3.8, 4) is 0 Å². The molecule has 0 atom stereocenters.